The van der Waals surface area contributed by atoms with Crippen molar-refractivity contribution in [3.63, 3.8) is 0 Å². The second-order valence-corrected chi connectivity index (χ2v) is 5.56. The molecule has 0 unspecified atom stereocenters. The third kappa shape index (κ3) is 3.94. The molecule has 20 heavy (non-hydrogen) atoms. The van der Waals surface area contributed by atoms with E-state index in [1.54, 1.807) is 0 Å². The number of ether oxygens (including phenoxy) is 1. The first-order valence-corrected chi connectivity index (χ1v) is 7.16. The van der Waals surface area contributed by atoms with Gasteiger partial charge >= 0.3 is 5.69 Å². The van der Waals surface area contributed by atoms with Crippen molar-refractivity contribution in [1.29, 1.82) is 0 Å². The highest BCUT2D eigenvalue weighted by atomic mass is 32.2. The van der Waals surface area contributed by atoms with Crippen molar-refractivity contribution in [3.8, 4) is 18.1 Å². The van der Waals surface area contributed by atoms with Crippen molar-refractivity contribution in [2.45, 2.75) is 17.7 Å². The lowest BCUT2D eigenvalue weighted by molar-refractivity contribution is -0.386. The summed E-state index contributed by atoms with van der Waals surface area (Å²) in [5, 5.41) is 10.8. The fraction of sp³-hybridized carbons (Fsp3) is 0.333. The lowest BCUT2D eigenvalue weighted by Gasteiger charge is -2.07. The van der Waals surface area contributed by atoms with Gasteiger partial charge in [0, 0.05) is 19.0 Å². The molecule has 0 saturated heterocycles. The first-order valence-electron chi connectivity index (χ1n) is 5.68. The summed E-state index contributed by atoms with van der Waals surface area (Å²) in [5.41, 5.74) is -0.404. The van der Waals surface area contributed by atoms with E-state index < -0.39 is 20.6 Å². The highest BCUT2D eigenvalue weighted by molar-refractivity contribution is 7.89. The monoisotopic (exact) mass is 298 g/mol. The number of nitrogens with zero attached hydrogens (tertiary/aromatic N) is 1. The maximum atomic E-state index is 11.9. The molecule has 108 valence electrons. The van der Waals surface area contributed by atoms with Crippen LogP contribution in [-0.2, 0) is 10.0 Å². The molecule has 1 aromatic rings. The van der Waals surface area contributed by atoms with Gasteiger partial charge in [-0.1, -0.05) is 0 Å². The van der Waals surface area contributed by atoms with E-state index in [0.717, 1.165) is 6.07 Å². The van der Waals surface area contributed by atoms with E-state index in [4.69, 9.17) is 11.2 Å². The number of nitro groups is 1. The van der Waals surface area contributed by atoms with Crippen molar-refractivity contribution >= 4 is 15.7 Å². The minimum atomic E-state index is -3.80. The van der Waals surface area contributed by atoms with Gasteiger partial charge < -0.3 is 4.74 Å². The minimum Gasteiger partial charge on any atom is -0.490 e. The molecule has 0 amide bonds. The number of nitro benzene ring substituents is 1. The van der Waals surface area contributed by atoms with Crippen LogP contribution in [0.5, 0.6) is 5.75 Å². The number of terminal acetylenes is 1. The third-order valence-corrected chi connectivity index (χ3v) is 3.91. The number of rotatable bonds is 7. The molecule has 0 spiro atoms. The molecule has 0 saturated carbocycles. The Hall–Kier alpha value is -2.11. The van der Waals surface area contributed by atoms with Crippen LogP contribution in [0.4, 0.5) is 5.69 Å². The van der Waals surface area contributed by atoms with Gasteiger partial charge in [-0.15, -0.1) is 12.3 Å². The predicted octanol–water partition coefficient (Wildman–Crippen LogP) is 1.30. The quantitative estimate of drug-likeness (QED) is 0.354. The van der Waals surface area contributed by atoms with Crippen LogP contribution in [0.15, 0.2) is 23.1 Å². The first kappa shape index (κ1) is 15.9. The average Bonchev–Trinajstić information content (AvgIpc) is 2.42. The van der Waals surface area contributed by atoms with Crippen LogP contribution >= 0.6 is 0 Å². The molecular formula is C12H14N2O5S. The summed E-state index contributed by atoms with van der Waals surface area (Å²) in [6.45, 7) is 0.173. The van der Waals surface area contributed by atoms with Gasteiger partial charge in [-0.3, -0.25) is 10.1 Å². The molecule has 1 aromatic carbocycles. The van der Waals surface area contributed by atoms with E-state index in [-0.39, 0.29) is 17.2 Å². The van der Waals surface area contributed by atoms with E-state index >= 15 is 0 Å². The van der Waals surface area contributed by atoms with Crippen molar-refractivity contribution in [1.82, 2.24) is 4.72 Å². The minimum absolute atomic E-state index is 0.00119. The fourth-order valence-electron chi connectivity index (χ4n) is 1.46. The third-order valence-electron chi connectivity index (χ3n) is 2.45. The van der Waals surface area contributed by atoms with Gasteiger partial charge in [0.2, 0.25) is 10.0 Å². The van der Waals surface area contributed by atoms with Gasteiger partial charge in [0.1, 0.15) is 0 Å². The van der Waals surface area contributed by atoms with Crippen molar-refractivity contribution in [2.24, 2.45) is 0 Å². The van der Waals surface area contributed by atoms with Crippen LogP contribution in [0.25, 0.3) is 0 Å². The Balaban J connectivity index is 2.99. The summed E-state index contributed by atoms with van der Waals surface area (Å²) < 4.78 is 31.0. The van der Waals surface area contributed by atoms with E-state index in [1.165, 1.54) is 19.2 Å². The second kappa shape index (κ2) is 6.88. The zero-order valence-corrected chi connectivity index (χ0v) is 11.6. The molecule has 1 N–H and O–H groups in total. The Labute approximate surface area is 117 Å². The Bertz CT molecular complexity index is 634. The highest BCUT2D eigenvalue weighted by Gasteiger charge is 2.21. The van der Waals surface area contributed by atoms with Crippen molar-refractivity contribution < 1.29 is 18.1 Å². The van der Waals surface area contributed by atoms with E-state index in [1.807, 2.05) is 0 Å². The fourth-order valence-corrected chi connectivity index (χ4v) is 2.55. The van der Waals surface area contributed by atoms with Crippen molar-refractivity contribution in [3.05, 3.63) is 28.3 Å². The van der Waals surface area contributed by atoms with Crippen LogP contribution < -0.4 is 9.46 Å². The highest BCUT2D eigenvalue weighted by Crippen LogP contribution is 2.29. The number of nitrogens with one attached hydrogen (secondary N) is 1. The molecule has 0 bridgehead atoms. The Morgan fingerprint density at radius 1 is 1.50 bits per heavy atom. The lowest BCUT2D eigenvalue weighted by Crippen LogP contribution is -2.24. The summed E-state index contributed by atoms with van der Waals surface area (Å²) in [5.74, 6) is 2.39. The number of sulfonamides is 1. The normalized spacial score (nSPS) is 10.8. The number of unbranched alkanes of at least 4 members (excludes halogenated alkanes) is 1. The Kier molecular flexibility index (Phi) is 5.49. The molecule has 0 fully saturated rings. The molecule has 1 rings (SSSR count). The maximum absolute atomic E-state index is 11.9. The van der Waals surface area contributed by atoms with Crippen LogP contribution in [-0.4, -0.2) is 27.0 Å². The standard InChI is InChI=1S/C12H14N2O5S/c1-3-4-5-8-13-20(17,18)10-6-7-12(19-2)11(9-10)14(15)16/h1,6-7,9,13H,4-5,8H2,2H3. The number of hydrogen-bond acceptors (Lipinski definition) is 5. The summed E-state index contributed by atoms with van der Waals surface area (Å²) in [4.78, 5) is 9.96. The molecule has 0 heterocycles. The predicted molar refractivity (Wildman–Crippen MR) is 72.9 cm³/mol. The summed E-state index contributed by atoms with van der Waals surface area (Å²) >= 11 is 0. The summed E-state index contributed by atoms with van der Waals surface area (Å²) in [6.07, 6.45) is 6.00. The first-order chi connectivity index (χ1) is 9.42. The van der Waals surface area contributed by atoms with Gasteiger partial charge in [0.15, 0.2) is 5.75 Å². The molecule has 0 aliphatic heterocycles. The smallest absolute Gasteiger partial charge is 0.312 e. The summed E-state index contributed by atoms with van der Waals surface area (Å²) in [6, 6.07) is 3.45. The zero-order chi connectivity index (χ0) is 15.2. The maximum Gasteiger partial charge on any atom is 0.312 e. The van der Waals surface area contributed by atoms with E-state index in [9.17, 15) is 18.5 Å². The Morgan fingerprint density at radius 2 is 2.20 bits per heavy atom. The molecule has 0 radical (unpaired) electrons. The van der Waals surface area contributed by atoms with Crippen LogP contribution in [0.3, 0.4) is 0 Å². The van der Waals surface area contributed by atoms with Crippen molar-refractivity contribution in [2.75, 3.05) is 13.7 Å². The van der Waals surface area contributed by atoms with Gasteiger partial charge in [0.25, 0.3) is 0 Å². The average molecular weight is 298 g/mol. The molecule has 7 nitrogen and oxygen atoms in total. The van der Waals surface area contributed by atoms with Gasteiger partial charge in [0.05, 0.1) is 16.9 Å². The molecule has 8 heteroatoms. The SMILES string of the molecule is C#CCCCNS(=O)(=O)c1ccc(OC)c([N+](=O)[O-])c1. The molecule has 0 aromatic heterocycles. The van der Waals surface area contributed by atoms with Crippen LogP contribution in [0.2, 0.25) is 0 Å². The van der Waals surface area contributed by atoms with Gasteiger partial charge in [-0.25, -0.2) is 13.1 Å². The van der Waals surface area contributed by atoms with Gasteiger partial charge in [-0.2, -0.15) is 0 Å². The van der Waals surface area contributed by atoms with E-state index in [2.05, 4.69) is 10.6 Å². The van der Waals surface area contributed by atoms with Gasteiger partial charge in [-0.05, 0) is 18.6 Å². The largest absolute Gasteiger partial charge is 0.490 e. The number of methoxy groups -OCH3 is 1. The Morgan fingerprint density at radius 3 is 2.75 bits per heavy atom. The lowest BCUT2D eigenvalue weighted by atomic mass is 10.3. The molecular weight excluding hydrogens is 284 g/mol. The topological polar surface area (TPSA) is 98.5 Å². The molecule has 0 aliphatic rings. The molecule has 0 atom stereocenters. The number of benzene rings is 1. The molecule has 0 aliphatic carbocycles. The van der Waals surface area contributed by atoms with Crippen LogP contribution in [0.1, 0.15) is 12.8 Å². The van der Waals surface area contributed by atoms with E-state index in [0.29, 0.717) is 12.8 Å². The number of hydrogen-bond donors (Lipinski definition) is 1. The van der Waals surface area contributed by atoms with Crippen LogP contribution in [0, 0.1) is 22.5 Å². The zero-order valence-electron chi connectivity index (χ0n) is 10.8. The summed E-state index contributed by atoms with van der Waals surface area (Å²) in [7, 11) is -2.53. The second-order valence-electron chi connectivity index (χ2n) is 3.80.